The van der Waals surface area contributed by atoms with Crippen LogP contribution >= 0.6 is 0 Å². The van der Waals surface area contributed by atoms with Crippen molar-refractivity contribution in [2.24, 2.45) is 13.0 Å². The van der Waals surface area contributed by atoms with E-state index in [2.05, 4.69) is 25.7 Å². The zero-order chi connectivity index (χ0) is 25.8. The Morgan fingerprint density at radius 3 is 2.82 bits per heavy atom. The van der Waals surface area contributed by atoms with E-state index in [0.717, 1.165) is 12.8 Å². The molecule has 3 heterocycles. The number of nitrogens with zero attached hydrogens (tertiary/aromatic N) is 5. The van der Waals surface area contributed by atoms with Crippen molar-refractivity contribution in [2.75, 3.05) is 17.6 Å². The summed E-state index contributed by atoms with van der Waals surface area (Å²) in [4.78, 5) is 46.5. The van der Waals surface area contributed by atoms with Gasteiger partial charge in [-0.3, -0.25) is 14.2 Å². The molecule has 0 radical (unpaired) electrons. The van der Waals surface area contributed by atoms with E-state index >= 15 is 0 Å². The monoisotopic (exact) mass is 449 g/mol. The highest BCUT2D eigenvalue weighted by atomic mass is 16.2. The number of aromatic nitrogens is 5. The summed E-state index contributed by atoms with van der Waals surface area (Å²) < 4.78 is 24.8. The third-order valence-corrected chi connectivity index (χ3v) is 5.52. The smallest absolute Gasteiger partial charge is 0.351 e. The Morgan fingerprint density at radius 2 is 2.06 bits per heavy atom. The molecule has 168 valence electrons. The molecule has 0 saturated heterocycles. The van der Waals surface area contributed by atoms with Crippen LogP contribution in [0.5, 0.6) is 0 Å². The molecule has 1 aliphatic rings. The Hall–Kier alpha value is -4.28. The maximum atomic E-state index is 12.9. The van der Waals surface area contributed by atoms with Crippen LogP contribution in [0.15, 0.2) is 35.3 Å². The number of para-hydroxylation sites is 1. The van der Waals surface area contributed by atoms with Gasteiger partial charge in [-0.05, 0) is 31.9 Å². The second kappa shape index (κ2) is 7.69. The topological polar surface area (TPSA) is 135 Å². The molecule has 0 bridgehead atoms. The minimum absolute atomic E-state index is 0.0584. The van der Waals surface area contributed by atoms with Crippen molar-refractivity contribution in [1.29, 1.82) is 0 Å². The fourth-order valence-corrected chi connectivity index (χ4v) is 3.74. The number of hydrogen-bond donors (Lipinski definition) is 3. The van der Waals surface area contributed by atoms with Gasteiger partial charge in [0.05, 0.1) is 22.5 Å². The predicted molar refractivity (Wildman–Crippen MR) is 123 cm³/mol. The van der Waals surface area contributed by atoms with E-state index in [4.69, 9.17) is 4.11 Å². The molecule has 0 atom stereocenters. The van der Waals surface area contributed by atoms with Gasteiger partial charge in [0.25, 0.3) is 5.91 Å². The van der Waals surface area contributed by atoms with Crippen molar-refractivity contribution in [2.45, 2.75) is 19.8 Å². The molecule has 2 amide bonds. The first kappa shape index (κ1) is 17.3. The van der Waals surface area contributed by atoms with Crippen molar-refractivity contribution in [1.82, 2.24) is 29.5 Å². The summed E-state index contributed by atoms with van der Waals surface area (Å²) in [6.45, 7) is -1.03. The number of pyridine rings is 1. The standard InChI is InChI=1S/C22H22N8O3/c1-11-25-19-13-5-4-6-15(18(13)29(3)22(33)30(19)28-11)26-16-9-17(27-20(31)12-7-8-12)24-10-14(16)21(32)23-2/h4-6,9-10,12H,7-8H2,1-3H3,(H,23,32)(H2,24,26,27,31)/i2D3. The molecule has 1 fully saturated rings. The number of aryl methyl sites for hydroxylation is 2. The molecular weight excluding hydrogens is 424 g/mol. The summed E-state index contributed by atoms with van der Waals surface area (Å²) in [6, 6.07) is 6.69. The van der Waals surface area contributed by atoms with Gasteiger partial charge < -0.3 is 16.0 Å². The molecule has 0 aliphatic heterocycles. The molecule has 1 aliphatic carbocycles. The number of anilines is 3. The zero-order valence-electron chi connectivity index (χ0n) is 20.8. The van der Waals surface area contributed by atoms with Crippen LogP contribution in [0.1, 0.15) is 33.1 Å². The molecule has 3 N–H and O–H groups in total. The first-order valence-electron chi connectivity index (χ1n) is 11.8. The molecule has 1 saturated carbocycles. The number of nitrogens with one attached hydrogen (secondary N) is 3. The van der Waals surface area contributed by atoms with Crippen LogP contribution in [0.3, 0.4) is 0 Å². The van der Waals surface area contributed by atoms with E-state index in [0.29, 0.717) is 28.1 Å². The Bertz CT molecular complexity index is 1600. The fraction of sp³-hybridized carbons (Fsp3) is 0.273. The van der Waals surface area contributed by atoms with E-state index in [1.165, 1.54) is 21.3 Å². The van der Waals surface area contributed by atoms with Gasteiger partial charge in [0.1, 0.15) is 11.6 Å². The van der Waals surface area contributed by atoms with Crippen molar-refractivity contribution in [3.05, 3.63) is 52.3 Å². The Kier molecular flexibility index (Phi) is 4.03. The van der Waals surface area contributed by atoms with Gasteiger partial charge in [0.2, 0.25) is 5.91 Å². The van der Waals surface area contributed by atoms with E-state index < -0.39 is 18.6 Å². The first-order valence-corrected chi connectivity index (χ1v) is 10.3. The number of carbonyl (C=O) groups is 2. The van der Waals surface area contributed by atoms with Crippen molar-refractivity contribution in [3.63, 3.8) is 0 Å². The molecule has 3 aromatic heterocycles. The maximum Gasteiger partial charge on any atom is 0.351 e. The summed E-state index contributed by atoms with van der Waals surface area (Å²) in [6.07, 6.45) is 2.80. The molecule has 4 aromatic rings. The SMILES string of the molecule is [2H]C([2H])([2H])NC(=O)c1cnc(NC(=O)C2CC2)cc1Nc1cccc2c1n(C)c(=O)n1nc(C)nc21. The minimum atomic E-state index is -2.71. The van der Waals surface area contributed by atoms with Crippen LogP contribution in [0.2, 0.25) is 0 Å². The molecule has 11 nitrogen and oxygen atoms in total. The molecular formula is C22H22N8O3. The van der Waals surface area contributed by atoms with Crippen molar-refractivity contribution >= 4 is 45.6 Å². The summed E-state index contributed by atoms with van der Waals surface area (Å²) >= 11 is 0. The van der Waals surface area contributed by atoms with Crippen LogP contribution in [0.25, 0.3) is 16.6 Å². The quantitative estimate of drug-likeness (QED) is 0.422. The molecule has 5 rings (SSSR count). The van der Waals surface area contributed by atoms with Gasteiger partial charge in [-0.25, -0.2) is 14.8 Å². The van der Waals surface area contributed by atoms with Crippen molar-refractivity contribution in [3.8, 4) is 0 Å². The third kappa shape index (κ3) is 3.56. The summed E-state index contributed by atoms with van der Waals surface area (Å²) in [5.41, 5.74) is 1.03. The highest BCUT2D eigenvalue weighted by Gasteiger charge is 2.30. The normalized spacial score (nSPS) is 15.0. The van der Waals surface area contributed by atoms with Gasteiger partial charge in [-0.1, -0.05) is 6.07 Å². The maximum absolute atomic E-state index is 12.9. The average molecular weight is 449 g/mol. The number of hydrogen-bond acceptors (Lipinski definition) is 7. The summed E-state index contributed by atoms with van der Waals surface area (Å²) in [7, 11) is 1.59. The molecule has 33 heavy (non-hydrogen) atoms. The Labute approximate surface area is 192 Å². The lowest BCUT2D eigenvalue weighted by Gasteiger charge is -2.16. The summed E-state index contributed by atoms with van der Waals surface area (Å²) in [5, 5.41) is 12.6. The third-order valence-electron chi connectivity index (χ3n) is 5.52. The number of fused-ring (bicyclic) bond motifs is 3. The first-order chi connectivity index (χ1) is 17.0. The molecule has 0 unspecified atom stereocenters. The van der Waals surface area contributed by atoms with Crippen LogP contribution in [-0.4, -0.2) is 42.9 Å². The van der Waals surface area contributed by atoms with Crippen LogP contribution < -0.4 is 21.6 Å². The van der Waals surface area contributed by atoms with E-state index in [1.807, 2.05) is 5.32 Å². The Morgan fingerprint density at radius 1 is 1.24 bits per heavy atom. The van der Waals surface area contributed by atoms with Gasteiger partial charge >= 0.3 is 5.69 Å². The van der Waals surface area contributed by atoms with Gasteiger partial charge in [0.15, 0.2) is 5.65 Å². The predicted octanol–water partition coefficient (Wildman–Crippen LogP) is 1.74. The Balaban J connectivity index is 1.63. The van der Waals surface area contributed by atoms with E-state index in [9.17, 15) is 14.4 Å². The number of rotatable bonds is 5. The van der Waals surface area contributed by atoms with Crippen molar-refractivity contribution < 1.29 is 13.7 Å². The lowest BCUT2D eigenvalue weighted by atomic mass is 10.1. The van der Waals surface area contributed by atoms with Crippen LogP contribution in [0, 0.1) is 12.8 Å². The van der Waals surface area contributed by atoms with E-state index in [1.54, 1.807) is 32.2 Å². The molecule has 11 heteroatoms. The number of benzene rings is 1. The molecule has 1 aromatic carbocycles. The average Bonchev–Trinajstić information content (AvgIpc) is 3.58. The minimum Gasteiger partial charge on any atom is -0.355 e. The van der Waals surface area contributed by atoms with Gasteiger partial charge in [-0.2, -0.15) is 4.52 Å². The van der Waals surface area contributed by atoms with Crippen LogP contribution in [0.4, 0.5) is 17.2 Å². The highest BCUT2D eigenvalue weighted by molar-refractivity contribution is 6.04. The molecule has 0 spiro atoms. The number of amides is 2. The second-order valence-corrected chi connectivity index (χ2v) is 7.90. The van der Waals surface area contributed by atoms with Gasteiger partial charge in [-0.15, -0.1) is 5.10 Å². The second-order valence-electron chi connectivity index (χ2n) is 7.90. The largest absolute Gasteiger partial charge is 0.355 e. The lowest BCUT2D eigenvalue weighted by molar-refractivity contribution is -0.117. The van der Waals surface area contributed by atoms with E-state index in [-0.39, 0.29) is 28.9 Å². The van der Waals surface area contributed by atoms with Gasteiger partial charge in [0, 0.05) is 41.7 Å². The zero-order valence-corrected chi connectivity index (χ0v) is 17.8. The fourth-order valence-electron chi connectivity index (χ4n) is 3.74. The van der Waals surface area contributed by atoms with Crippen LogP contribution in [-0.2, 0) is 11.8 Å². The lowest BCUT2D eigenvalue weighted by Crippen LogP contribution is -2.26. The highest BCUT2D eigenvalue weighted by Crippen LogP contribution is 2.32. The number of carbonyl (C=O) groups excluding carboxylic acids is 2. The summed E-state index contributed by atoms with van der Waals surface area (Å²) in [5.74, 6) is -0.487.